The van der Waals surface area contributed by atoms with Gasteiger partial charge in [-0.2, -0.15) is 0 Å². The molecule has 47 heavy (non-hydrogen) atoms. The first-order valence-corrected chi connectivity index (χ1v) is 16.0. The molecule has 3 aliphatic rings. The summed E-state index contributed by atoms with van der Waals surface area (Å²) in [5.74, 6) is -0.769. The molecule has 3 atom stereocenters. The molecule has 7 rings (SSSR count). The summed E-state index contributed by atoms with van der Waals surface area (Å²) in [7, 11) is 1.54. The Morgan fingerprint density at radius 3 is 2.55 bits per heavy atom. The molecule has 4 aromatic rings. The maximum Gasteiger partial charge on any atom is 0.264 e. The molecule has 240 valence electrons. The van der Waals surface area contributed by atoms with Gasteiger partial charge in [0.25, 0.3) is 11.8 Å². The first-order chi connectivity index (χ1) is 22.8. The molecule has 0 unspecified atom stereocenters. The van der Waals surface area contributed by atoms with E-state index in [0.29, 0.717) is 29.1 Å². The number of likely N-dealkylation sites (tertiary alicyclic amines) is 1. The summed E-state index contributed by atoms with van der Waals surface area (Å²) in [6.45, 7) is 2.53. The summed E-state index contributed by atoms with van der Waals surface area (Å²) in [6, 6.07) is 24.3. The molecule has 9 heteroatoms. The van der Waals surface area contributed by atoms with Crippen molar-refractivity contribution in [3.8, 4) is 5.75 Å². The number of carbonyl (C=O) groups is 3. The summed E-state index contributed by atoms with van der Waals surface area (Å²) in [5.41, 5.74) is 2.22. The normalized spacial score (nSPS) is 20.9. The van der Waals surface area contributed by atoms with E-state index in [2.05, 4.69) is 0 Å². The van der Waals surface area contributed by atoms with Crippen LogP contribution in [0.25, 0.3) is 10.8 Å². The van der Waals surface area contributed by atoms with Gasteiger partial charge in [0.2, 0.25) is 5.91 Å². The van der Waals surface area contributed by atoms with E-state index in [9.17, 15) is 24.6 Å². The molecule has 2 N–H and O–H groups in total. The second-order valence-corrected chi connectivity index (χ2v) is 12.5. The molecule has 0 aromatic heterocycles. The SMILES string of the molecule is COc1ccc2c(c1)[C@](O)([C@@H](C)/C=C/CC(=O)N1CCC[C@H]1CO)C(=O)N2Cc1ccc(N2C(=O)c3cccc4cccc2c34)cc1. The Morgan fingerprint density at radius 2 is 1.81 bits per heavy atom. The summed E-state index contributed by atoms with van der Waals surface area (Å²) in [4.78, 5) is 45.3. The van der Waals surface area contributed by atoms with Crippen molar-refractivity contribution < 1.29 is 29.3 Å². The van der Waals surface area contributed by atoms with Crippen LogP contribution in [0.3, 0.4) is 0 Å². The zero-order valence-electron chi connectivity index (χ0n) is 26.4. The summed E-state index contributed by atoms with van der Waals surface area (Å²) in [5, 5.41) is 23.7. The Morgan fingerprint density at radius 1 is 1.04 bits per heavy atom. The highest BCUT2D eigenvalue weighted by Gasteiger charge is 2.52. The van der Waals surface area contributed by atoms with Gasteiger partial charge < -0.3 is 24.7 Å². The van der Waals surface area contributed by atoms with Gasteiger partial charge in [-0.3, -0.25) is 19.3 Å². The van der Waals surface area contributed by atoms with Gasteiger partial charge in [0.15, 0.2) is 5.60 Å². The van der Waals surface area contributed by atoms with Gasteiger partial charge in [-0.1, -0.05) is 55.5 Å². The Labute approximate surface area is 273 Å². The van der Waals surface area contributed by atoms with Crippen molar-refractivity contribution in [1.29, 1.82) is 0 Å². The largest absolute Gasteiger partial charge is 0.497 e. The van der Waals surface area contributed by atoms with Crippen LogP contribution >= 0.6 is 0 Å². The predicted molar refractivity (Wildman–Crippen MR) is 180 cm³/mol. The number of anilines is 3. The molecule has 0 aliphatic carbocycles. The van der Waals surface area contributed by atoms with Crippen molar-refractivity contribution in [3.05, 3.63) is 108 Å². The van der Waals surface area contributed by atoms with Crippen LogP contribution in [-0.2, 0) is 21.7 Å². The highest BCUT2D eigenvalue weighted by Crippen LogP contribution is 2.47. The molecule has 0 saturated carbocycles. The van der Waals surface area contributed by atoms with Crippen molar-refractivity contribution in [2.24, 2.45) is 5.92 Å². The van der Waals surface area contributed by atoms with E-state index in [1.54, 1.807) is 52.0 Å². The van der Waals surface area contributed by atoms with Crippen LogP contribution in [0.15, 0.2) is 91.0 Å². The molecule has 3 aliphatic heterocycles. The lowest BCUT2D eigenvalue weighted by Gasteiger charge is -2.28. The van der Waals surface area contributed by atoms with Crippen LogP contribution in [0.2, 0.25) is 0 Å². The van der Waals surface area contributed by atoms with Crippen LogP contribution in [0, 0.1) is 5.92 Å². The molecular weight excluding hydrogens is 594 g/mol. The zero-order valence-corrected chi connectivity index (χ0v) is 26.4. The van der Waals surface area contributed by atoms with E-state index in [1.165, 1.54) is 7.11 Å². The number of hydrogen-bond acceptors (Lipinski definition) is 6. The lowest BCUT2D eigenvalue weighted by atomic mass is 9.83. The number of aliphatic hydroxyl groups excluding tert-OH is 1. The standard InChI is InChI=1S/C38H37N3O6/c1-24(7-3-13-34(43)39-20-6-10-28(39)23-42)38(46)31-21-29(47-2)18-19-32(31)40(37(38)45)22-25-14-16-27(17-15-25)41-33-12-5-9-26-8-4-11-30(35(26)33)36(41)44/h3-5,7-9,11-12,14-19,21,24,28,42,46H,6,10,13,20,22-23H2,1-2H3/b7-3+/t24-,28-,38+/m0/s1. The number of hydrogen-bond donors (Lipinski definition) is 2. The summed E-state index contributed by atoms with van der Waals surface area (Å²) >= 11 is 0. The van der Waals surface area contributed by atoms with Gasteiger partial charge in [0.1, 0.15) is 5.75 Å². The smallest absolute Gasteiger partial charge is 0.264 e. The number of methoxy groups -OCH3 is 1. The Hall–Kier alpha value is -4.99. The molecule has 1 fully saturated rings. The zero-order chi connectivity index (χ0) is 32.9. The average molecular weight is 632 g/mol. The number of rotatable bonds is 9. The fraction of sp³-hybridized carbons (Fsp3) is 0.289. The van der Waals surface area contributed by atoms with Crippen LogP contribution in [0.4, 0.5) is 17.1 Å². The first kappa shape index (κ1) is 30.7. The maximum atomic E-state index is 14.1. The quantitative estimate of drug-likeness (QED) is 0.238. The van der Waals surface area contributed by atoms with Crippen LogP contribution in [0.5, 0.6) is 5.75 Å². The van der Waals surface area contributed by atoms with E-state index in [-0.39, 0.29) is 37.4 Å². The molecule has 4 aromatic carbocycles. The van der Waals surface area contributed by atoms with E-state index in [0.717, 1.165) is 40.6 Å². The van der Waals surface area contributed by atoms with E-state index >= 15 is 0 Å². The average Bonchev–Trinajstić information content (AvgIpc) is 3.75. The van der Waals surface area contributed by atoms with Gasteiger partial charge in [-0.15, -0.1) is 0 Å². The molecule has 9 nitrogen and oxygen atoms in total. The second-order valence-electron chi connectivity index (χ2n) is 12.5. The number of aliphatic hydroxyl groups is 2. The monoisotopic (exact) mass is 631 g/mol. The molecule has 3 heterocycles. The highest BCUT2D eigenvalue weighted by molar-refractivity contribution is 6.27. The molecule has 0 radical (unpaired) electrons. The van der Waals surface area contributed by atoms with Crippen molar-refractivity contribution in [2.45, 2.75) is 44.4 Å². The van der Waals surface area contributed by atoms with Crippen LogP contribution in [-0.4, -0.2) is 59.1 Å². The number of fused-ring (bicyclic) bond motifs is 1. The number of ether oxygens (including phenoxy) is 1. The molecule has 3 amide bonds. The second kappa shape index (κ2) is 12.0. The third-order valence-electron chi connectivity index (χ3n) is 9.85. The summed E-state index contributed by atoms with van der Waals surface area (Å²) in [6.07, 6.45) is 5.18. The third-order valence-corrected chi connectivity index (χ3v) is 9.85. The Bertz CT molecular complexity index is 1920. The van der Waals surface area contributed by atoms with Gasteiger partial charge in [0.05, 0.1) is 43.2 Å². The Kier molecular flexibility index (Phi) is 7.82. The lowest BCUT2D eigenvalue weighted by Crippen LogP contribution is -2.44. The van der Waals surface area contributed by atoms with Gasteiger partial charge in [-0.05, 0) is 66.3 Å². The first-order valence-electron chi connectivity index (χ1n) is 16.0. The number of amides is 3. The van der Waals surface area contributed by atoms with Crippen molar-refractivity contribution in [3.63, 3.8) is 0 Å². The van der Waals surface area contributed by atoms with Gasteiger partial charge in [0, 0.05) is 35.5 Å². The van der Waals surface area contributed by atoms with E-state index in [4.69, 9.17) is 4.74 Å². The fourth-order valence-electron chi connectivity index (χ4n) is 7.30. The van der Waals surface area contributed by atoms with Gasteiger partial charge in [-0.25, -0.2) is 0 Å². The number of nitrogens with zero attached hydrogens (tertiary/aromatic N) is 3. The molecule has 1 saturated heterocycles. The maximum absolute atomic E-state index is 14.1. The van der Waals surface area contributed by atoms with Crippen molar-refractivity contribution >= 4 is 45.6 Å². The minimum absolute atomic E-state index is 0.0571. The Balaban J connectivity index is 1.12. The molecule has 0 bridgehead atoms. The topological polar surface area (TPSA) is 111 Å². The van der Waals surface area contributed by atoms with Gasteiger partial charge >= 0.3 is 0 Å². The fourth-order valence-corrected chi connectivity index (χ4v) is 7.30. The van der Waals surface area contributed by atoms with E-state index in [1.807, 2.05) is 60.7 Å². The minimum atomic E-state index is -1.88. The highest BCUT2D eigenvalue weighted by atomic mass is 16.5. The van der Waals surface area contributed by atoms with E-state index < -0.39 is 17.4 Å². The van der Waals surface area contributed by atoms with Crippen LogP contribution in [0.1, 0.15) is 47.7 Å². The molecule has 0 spiro atoms. The predicted octanol–water partition coefficient (Wildman–Crippen LogP) is 5.44. The molecular formula is C38H37N3O6. The summed E-state index contributed by atoms with van der Waals surface area (Å²) < 4.78 is 5.44. The number of carbonyl (C=O) groups excluding carboxylic acids is 3. The minimum Gasteiger partial charge on any atom is -0.497 e. The number of benzene rings is 4. The lowest BCUT2D eigenvalue weighted by molar-refractivity contribution is -0.139. The third kappa shape index (κ3) is 4.97. The van der Waals surface area contributed by atoms with Crippen molar-refractivity contribution in [2.75, 3.05) is 30.1 Å². The van der Waals surface area contributed by atoms with Crippen molar-refractivity contribution in [1.82, 2.24) is 4.90 Å². The van der Waals surface area contributed by atoms with Crippen LogP contribution < -0.4 is 14.5 Å².